The van der Waals surface area contributed by atoms with Gasteiger partial charge in [0.25, 0.3) is 0 Å². The number of amides is 1. The molecule has 0 aliphatic carbocycles. The predicted octanol–water partition coefficient (Wildman–Crippen LogP) is 3.22. The standard InChI is InChI=1S/C19H25N3O4S2/c1-3-14-13-22(28(24,25)17-6-4-16(26-2)5-7-17)10-8-15(14)12-18(23)21-19-20-9-11-27-19/h4-7,9,11,14-15H,3,8,10,12-13H2,1-2H3,(H,20,21,23)/t14-,15-/m0/s1. The predicted molar refractivity (Wildman–Crippen MR) is 109 cm³/mol. The molecule has 3 rings (SSSR count). The lowest BCUT2D eigenvalue weighted by Crippen LogP contribution is -2.44. The van der Waals surface area contributed by atoms with E-state index in [1.807, 2.05) is 12.3 Å². The van der Waals surface area contributed by atoms with E-state index in [0.717, 1.165) is 6.42 Å². The molecule has 7 nitrogen and oxygen atoms in total. The summed E-state index contributed by atoms with van der Waals surface area (Å²) in [5, 5.41) is 5.22. The third-order valence-corrected chi connectivity index (χ3v) is 7.77. The Hall–Kier alpha value is -1.97. The molecule has 0 saturated carbocycles. The number of nitrogens with zero attached hydrogens (tertiary/aromatic N) is 2. The van der Waals surface area contributed by atoms with E-state index in [1.54, 1.807) is 37.6 Å². The molecule has 2 atom stereocenters. The number of carbonyl (C=O) groups excluding carboxylic acids is 1. The topological polar surface area (TPSA) is 88.6 Å². The molecule has 0 bridgehead atoms. The summed E-state index contributed by atoms with van der Waals surface area (Å²) in [6.45, 7) is 2.89. The van der Waals surface area contributed by atoms with Crippen molar-refractivity contribution in [3.63, 3.8) is 0 Å². The first-order valence-corrected chi connectivity index (χ1v) is 11.6. The van der Waals surface area contributed by atoms with Crippen molar-refractivity contribution in [3.05, 3.63) is 35.8 Å². The zero-order valence-electron chi connectivity index (χ0n) is 16.0. The number of rotatable bonds is 7. The quantitative estimate of drug-likeness (QED) is 0.739. The Morgan fingerprint density at radius 2 is 2.07 bits per heavy atom. The zero-order chi connectivity index (χ0) is 20.1. The highest BCUT2D eigenvalue weighted by Crippen LogP contribution is 2.32. The van der Waals surface area contributed by atoms with Crippen LogP contribution < -0.4 is 10.1 Å². The molecular formula is C19H25N3O4S2. The molecule has 1 aromatic carbocycles. The molecule has 2 aromatic rings. The number of anilines is 1. The smallest absolute Gasteiger partial charge is 0.243 e. The van der Waals surface area contributed by atoms with Crippen LogP contribution >= 0.6 is 11.3 Å². The maximum Gasteiger partial charge on any atom is 0.243 e. The Labute approximate surface area is 169 Å². The van der Waals surface area contributed by atoms with Crippen LogP contribution in [0.15, 0.2) is 40.7 Å². The summed E-state index contributed by atoms with van der Waals surface area (Å²) in [7, 11) is -2.01. The second-order valence-electron chi connectivity index (χ2n) is 6.85. The van der Waals surface area contributed by atoms with E-state index in [0.29, 0.717) is 36.8 Å². The number of hydrogen-bond acceptors (Lipinski definition) is 6. The highest BCUT2D eigenvalue weighted by Gasteiger charge is 2.35. The molecule has 1 N–H and O–H groups in total. The van der Waals surface area contributed by atoms with Crippen LogP contribution in [-0.4, -0.2) is 43.8 Å². The van der Waals surface area contributed by atoms with Gasteiger partial charge in [-0.25, -0.2) is 13.4 Å². The normalized spacial score (nSPS) is 20.6. The lowest BCUT2D eigenvalue weighted by Gasteiger charge is -2.37. The molecule has 0 radical (unpaired) electrons. The van der Waals surface area contributed by atoms with E-state index < -0.39 is 10.0 Å². The zero-order valence-corrected chi connectivity index (χ0v) is 17.6. The van der Waals surface area contributed by atoms with Gasteiger partial charge in [0.1, 0.15) is 5.75 Å². The fourth-order valence-corrected chi connectivity index (χ4v) is 5.64. The molecule has 1 aliphatic heterocycles. The Morgan fingerprint density at radius 3 is 2.68 bits per heavy atom. The monoisotopic (exact) mass is 423 g/mol. The first-order chi connectivity index (χ1) is 13.4. The van der Waals surface area contributed by atoms with Gasteiger partial charge in [0.05, 0.1) is 12.0 Å². The highest BCUT2D eigenvalue weighted by atomic mass is 32.2. The lowest BCUT2D eigenvalue weighted by molar-refractivity contribution is -0.117. The van der Waals surface area contributed by atoms with Crippen molar-refractivity contribution >= 4 is 32.4 Å². The van der Waals surface area contributed by atoms with E-state index in [-0.39, 0.29) is 22.6 Å². The van der Waals surface area contributed by atoms with Crippen LogP contribution in [0.1, 0.15) is 26.2 Å². The summed E-state index contributed by atoms with van der Waals surface area (Å²) in [6.07, 6.45) is 3.52. The average Bonchev–Trinajstić information content (AvgIpc) is 3.21. The van der Waals surface area contributed by atoms with E-state index >= 15 is 0 Å². The van der Waals surface area contributed by atoms with Gasteiger partial charge in [-0.2, -0.15) is 4.31 Å². The van der Waals surface area contributed by atoms with Crippen molar-refractivity contribution < 1.29 is 17.9 Å². The van der Waals surface area contributed by atoms with Crippen LogP contribution in [0.5, 0.6) is 5.75 Å². The van der Waals surface area contributed by atoms with Crippen LogP contribution in [0, 0.1) is 11.8 Å². The van der Waals surface area contributed by atoms with Gasteiger partial charge >= 0.3 is 0 Å². The minimum atomic E-state index is -3.55. The van der Waals surface area contributed by atoms with Gasteiger partial charge in [-0.3, -0.25) is 4.79 Å². The Kier molecular flexibility index (Phi) is 6.69. The summed E-state index contributed by atoms with van der Waals surface area (Å²) in [5.41, 5.74) is 0. The summed E-state index contributed by atoms with van der Waals surface area (Å²) >= 11 is 1.38. The maximum absolute atomic E-state index is 13.0. The fraction of sp³-hybridized carbons (Fsp3) is 0.474. The van der Waals surface area contributed by atoms with Crippen molar-refractivity contribution in [2.45, 2.75) is 31.1 Å². The number of sulfonamides is 1. The maximum atomic E-state index is 13.0. The Bertz CT molecular complexity index is 882. The van der Waals surface area contributed by atoms with Gasteiger partial charge < -0.3 is 10.1 Å². The number of thiazole rings is 1. The van der Waals surface area contributed by atoms with Crippen LogP contribution in [0.25, 0.3) is 0 Å². The van der Waals surface area contributed by atoms with Crippen molar-refractivity contribution in [2.24, 2.45) is 11.8 Å². The number of benzene rings is 1. The molecule has 0 unspecified atom stereocenters. The number of nitrogens with one attached hydrogen (secondary N) is 1. The molecular weight excluding hydrogens is 398 g/mol. The van der Waals surface area contributed by atoms with Gasteiger partial charge in [-0.05, 0) is 42.5 Å². The van der Waals surface area contributed by atoms with Crippen molar-refractivity contribution in [1.82, 2.24) is 9.29 Å². The molecule has 9 heteroatoms. The summed E-state index contributed by atoms with van der Waals surface area (Å²) in [4.78, 5) is 16.6. The number of carbonyl (C=O) groups is 1. The molecule has 152 valence electrons. The molecule has 2 heterocycles. The highest BCUT2D eigenvalue weighted by molar-refractivity contribution is 7.89. The second-order valence-corrected chi connectivity index (χ2v) is 9.68. The fourth-order valence-electron chi connectivity index (χ4n) is 3.59. The molecule has 1 fully saturated rings. The third-order valence-electron chi connectivity index (χ3n) is 5.20. The molecule has 1 amide bonds. The minimum Gasteiger partial charge on any atom is -0.497 e. The van der Waals surface area contributed by atoms with Crippen molar-refractivity contribution in [2.75, 3.05) is 25.5 Å². The van der Waals surface area contributed by atoms with Gasteiger partial charge in [0.15, 0.2) is 5.13 Å². The summed E-state index contributed by atoms with van der Waals surface area (Å²) < 4.78 is 32.6. The van der Waals surface area contributed by atoms with Crippen LogP contribution in [-0.2, 0) is 14.8 Å². The first-order valence-electron chi connectivity index (χ1n) is 9.27. The van der Waals surface area contributed by atoms with Gasteiger partial charge in [-0.15, -0.1) is 11.3 Å². The number of ether oxygens (including phenoxy) is 1. The molecule has 1 aliphatic rings. The molecule has 1 saturated heterocycles. The Balaban J connectivity index is 1.65. The number of hydrogen-bond donors (Lipinski definition) is 1. The number of piperidine rings is 1. The van der Waals surface area contributed by atoms with Crippen molar-refractivity contribution in [1.29, 1.82) is 0 Å². The SMILES string of the molecule is CC[C@H]1CN(S(=O)(=O)c2ccc(OC)cc2)CC[C@H]1CC(=O)Nc1nccs1. The van der Waals surface area contributed by atoms with Crippen LogP contribution in [0.3, 0.4) is 0 Å². The molecule has 0 spiro atoms. The van der Waals surface area contributed by atoms with Crippen LogP contribution in [0.2, 0.25) is 0 Å². The van der Waals surface area contributed by atoms with E-state index in [9.17, 15) is 13.2 Å². The summed E-state index contributed by atoms with van der Waals surface area (Å²) in [5.74, 6) is 0.858. The van der Waals surface area contributed by atoms with E-state index in [1.165, 1.54) is 15.6 Å². The minimum absolute atomic E-state index is 0.0649. The summed E-state index contributed by atoms with van der Waals surface area (Å²) in [6, 6.07) is 6.45. The lowest BCUT2D eigenvalue weighted by atomic mass is 9.82. The number of methoxy groups -OCH3 is 1. The van der Waals surface area contributed by atoms with Crippen LogP contribution in [0.4, 0.5) is 5.13 Å². The molecule has 28 heavy (non-hydrogen) atoms. The van der Waals surface area contributed by atoms with Gasteiger partial charge in [-0.1, -0.05) is 13.3 Å². The average molecular weight is 424 g/mol. The van der Waals surface area contributed by atoms with Gasteiger partial charge in [0, 0.05) is 31.1 Å². The second kappa shape index (κ2) is 9.02. The Morgan fingerprint density at radius 1 is 1.32 bits per heavy atom. The van der Waals surface area contributed by atoms with E-state index in [2.05, 4.69) is 10.3 Å². The first kappa shape index (κ1) is 20.8. The largest absolute Gasteiger partial charge is 0.497 e. The third kappa shape index (κ3) is 4.71. The van der Waals surface area contributed by atoms with Crippen molar-refractivity contribution in [3.8, 4) is 5.75 Å². The van der Waals surface area contributed by atoms with E-state index in [4.69, 9.17) is 4.74 Å². The van der Waals surface area contributed by atoms with Gasteiger partial charge in [0.2, 0.25) is 15.9 Å². The molecule has 1 aromatic heterocycles. The number of aromatic nitrogens is 1.